The van der Waals surface area contributed by atoms with Crippen LogP contribution in [0.5, 0.6) is 0 Å². The number of allylic oxidation sites excluding steroid dienone is 7. The molecule has 0 fully saturated rings. The molecular weight excluding hydrogens is 366 g/mol. The molecule has 1 unspecified atom stereocenters. The molecule has 148 valence electrons. The fourth-order valence-electron chi connectivity index (χ4n) is 2.79. The van der Waals surface area contributed by atoms with Gasteiger partial charge in [0.05, 0.1) is 11.4 Å². The van der Waals surface area contributed by atoms with Crippen LogP contribution >= 0.6 is 0 Å². The predicted molar refractivity (Wildman–Crippen MR) is 116 cm³/mol. The van der Waals surface area contributed by atoms with Crippen LogP contribution in [-0.4, -0.2) is 28.0 Å². The number of aromatic nitrogens is 2. The Kier molecular flexibility index (Phi) is 6.19. The molecule has 0 aliphatic carbocycles. The fraction of sp³-hybridized carbons (Fsp3) is 0.182. The first-order valence-electron chi connectivity index (χ1n) is 9.24. The van der Waals surface area contributed by atoms with Gasteiger partial charge in [-0.15, -0.1) is 5.10 Å². The van der Waals surface area contributed by atoms with Crippen LogP contribution in [0, 0.1) is 0 Å². The van der Waals surface area contributed by atoms with Gasteiger partial charge in [0.25, 0.3) is 5.91 Å². The third-order valence-corrected chi connectivity index (χ3v) is 4.32. The molecule has 0 spiro atoms. The summed E-state index contributed by atoms with van der Waals surface area (Å²) in [4.78, 5) is 17.5. The number of fused-ring (bicyclic) bond motifs is 1. The Morgan fingerprint density at radius 3 is 2.79 bits per heavy atom. The predicted octanol–water partition coefficient (Wildman–Crippen LogP) is 4.36. The quantitative estimate of drug-likeness (QED) is 0.716. The maximum atomic E-state index is 12.8. The summed E-state index contributed by atoms with van der Waals surface area (Å²) < 4.78 is 5.60. The fourth-order valence-corrected chi connectivity index (χ4v) is 2.79. The first kappa shape index (κ1) is 20.0. The number of nitrogens with one attached hydrogen (secondary N) is 2. The van der Waals surface area contributed by atoms with Crippen molar-refractivity contribution in [3.8, 4) is 0 Å². The first-order chi connectivity index (χ1) is 14.1. The number of amides is 1. The molecule has 1 aromatic heterocycles. The highest BCUT2D eigenvalue weighted by atomic mass is 16.4. The summed E-state index contributed by atoms with van der Waals surface area (Å²) in [5.41, 5.74) is 3.81. The van der Waals surface area contributed by atoms with Gasteiger partial charge in [-0.25, -0.2) is 4.99 Å². The standard InChI is InChI=1S/C22H23N5O2/c1-5-10-15(11-6-2)18-16-12-8-9-13-17(16)23-20(28)19(24-18)25-22-27-26-21(29-22)14(4)7-3/h5-13,19H,1H2,2-4H3,(H,23,28)(H,25,27)/b11-6-,14-7-,15-10+. The molecule has 1 aliphatic rings. The van der Waals surface area contributed by atoms with Crippen molar-refractivity contribution in [3.63, 3.8) is 0 Å². The zero-order valence-electron chi connectivity index (χ0n) is 16.6. The highest BCUT2D eigenvalue weighted by molar-refractivity contribution is 6.21. The smallest absolute Gasteiger partial charge is 0.317 e. The van der Waals surface area contributed by atoms with Gasteiger partial charge in [0.1, 0.15) is 0 Å². The summed E-state index contributed by atoms with van der Waals surface area (Å²) in [6.45, 7) is 9.45. The van der Waals surface area contributed by atoms with Crippen molar-refractivity contribution in [2.75, 3.05) is 10.6 Å². The van der Waals surface area contributed by atoms with E-state index in [1.54, 1.807) is 6.08 Å². The molecule has 2 heterocycles. The van der Waals surface area contributed by atoms with Gasteiger partial charge >= 0.3 is 6.01 Å². The van der Waals surface area contributed by atoms with E-state index < -0.39 is 6.17 Å². The summed E-state index contributed by atoms with van der Waals surface area (Å²) in [5, 5.41) is 13.8. The van der Waals surface area contributed by atoms with E-state index in [4.69, 9.17) is 4.42 Å². The van der Waals surface area contributed by atoms with Crippen LogP contribution in [0.4, 0.5) is 11.7 Å². The third-order valence-electron chi connectivity index (χ3n) is 4.32. The van der Waals surface area contributed by atoms with Crippen LogP contribution < -0.4 is 10.6 Å². The molecule has 0 radical (unpaired) electrons. The molecule has 1 amide bonds. The van der Waals surface area contributed by atoms with Gasteiger partial charge in [-0.05, 0) is 26.8 Å². The van der Waals surface area contributed by atoms with Crippen molar-refractivity contribution >= 4 is 28.9 Å². The summed E-state index contributed by atoms with van der Waals surface area (Å²) in [7, 11) is 0. The molecule has 0 bridgehead atoms. The monoisotopic (exact) mass is 389 g/mol. The Bertz CT molecular complexity index is 1040. The summed E-state index contributed by atoms with van der Waals surface area (Å²) in [6.07, 6.45) is 8.29. The van der Waals surface area contributed by atoms with Crippen molar-refractivity contribution in [1.29, 1.82) is 0 Å². The number of benzodiazepines with no additional fused rings is 1. The first-order valence-corrected chi connectivity index (χ1v) is 9.24. The minimum Gasteiger partial charge on any atom is -0.404 e. The van der Waals surface area contributed by atoms with Crippen molar-refractivity contribution in [3.05, 3.63) is 78.3 Å². The maximum absolute atomic E-state index is 12.8. The minimum atomic E-state index is -0.949. The van der Waals surface area contributed by atoms with E-state index in [9.17, 15) is 4.79 Å². The Hall–Kier alpha value is -3.74. The Morgan fingerprint density at radius 1 is 1.28 bits per heavy atom. The Morgan fingerprint density at radius 2 is 2.07 bits per heavy atom. The van der Waals surface area contributed by atoms with Crippen molar-refractivity contribution in [2.24, 2.45) is 4.99 Å². The van der Waals surface area contributed by atoms with Crippen LogP contribution in [0.3, 0.4) is 0 Å². The van der Waals surface area contributed by atoms with E-state index in [2.05, 4.69) is 32.4 Å². The van der Waals surface area contributed by atoms with Crippen molar-refractivity contribution < 1.29 is 9.21 Å². The van der Waals surface area contributed by atoms with Crippen LogP contribution in [0.1, 0.15) is 32.2 Å². The van der Waals surface area contributed by atoms with Gasteiger partial charge < -0.3 is 15.1 Å². The number of nitrogens with zero attached hydrogens (tertiary/aromatic N) is 3. The summed E-state index contributed by atoms with van der Waals surface area (Å²) >= 11 is 0. The van der Waals surface area contributed by atoms with Crippen LogP contribution in [0.25, 0.3) is 5.57 Å². The van der Waals surface area contributed by atoms with Crippen molar-refractivity contribution in [2.45, 2.75) is 26.9 Å². The molecule has 29 heavy (non-hydrogen) atoms. The van der Waals surface area contributed by atoms with Gasteiger partial charge in [0.15, 0.2) is 0 Å². The number of hydrogen-bond donors (Lipinski definition) is 2. The molecule has 0 saturated heterocycles. The van der Waals surface area contributed by atoms with Crippen LogP contribution in [0.2, 0.25) is 0 Å². The average Bonchev–Trinajstić information content (AvgIpc) is 3.14. The number of hydrogen-bond acceptors (Lipinski definition) is 6. The minimum absolute atomic E-state index is 0.121. The second-order valence-corrected chi connectivity index (χ2v) is 6.30. The number of rotatable bonds is 6. The number of anilines is 2. The lowest BCUT2D eigenvalue weighted by molar-refractivity contribution is -0.116. The molecular formula is C22H23N5O2. The lowest BCUT2D eigenvalue weighted by Crippen LogP contribution is -2.32. The third kappa shape index (κ3) is 4.40. The number of benzene rings is 1. The van der Waals surface area contributed by atoms with Gasteiger partial charge in [-0.2, -0.15) is 0 Å². The maximum Gasteiger partial charge on any atom is 0.317 e. The van der Waals surface area contributed by atoms with E-state index in [0.717, 1.165) is 16.7 Å². The highest BCUT2D eigenvalue weighted by Crippen LogP contribution is 2.25. The molecule has 1 aliphatic heterocycles. The van der Waals surface area contributed by atoms with Crippen LogP contribution in [-0.2, 0) is 4.79 Å². The van der Waals surface area contributed by atoms with Gasteiger partial charge in [-0.3, -0.25) is 4.79 Å². The highest BCUT2D eigenvalue weighted by Gasteiger charge is 2.27. The van der Waals surface area contributed by atoms with Gasteiger partial charge in [0, 0.05) is 16.7 Å². The van der Waals surface area contributed by atoms with E-state index >= 15 is 0 Å². The molecule has 1 aromatic carbocycles. The largest absolute Gasteiger partial charge is 0.404 e. The summed E-state index contributed by atoms with van der Waals surface area (Å²) in [5.74, 6) is 0.0612. The zero-order chi connectivity index (χ0) is 20.8. The number of para-hydroxylation sites is 1. The zero-order valence-corrected chi connectivity index (χ0v) is 16.6. The average molecular weight is 389 g/mol. The molecule has 2 aromatic rings. The van der Waals surface area contributed by atoms with E-state index in [-0.39, 0.29) is 11.9 Å². The Labute approximate surface area is 169 Å². The molecule has 7 heteroatoms. The molecule has 1 atom stereocenters. The molecule has 0 saturated carbocycles. The van der Waals surface area contributed by atoms with Gasteiger partial charge in [0.2, 0.25) is 12.1 Å². The van der Waals surface area contributed by atoms with Crippen LogP contribution in [0.15, 0.2) is 76.2 Å². The second kappa shape index (κ2) is 8.97. The van der Waals surface area contributed by atoms with E-state index in [0.29, 0.717) is 17.3 Å². The van der Waals surface area contributed by atoms with Gasteiger partial charge in [-0.1, -0.05) is 60.3 Å². The summed E-state index contributed by atoms with van der Waals surface area (Å²) in [6, 6.07) is 7.64. The van der Waals surface area contributed by atoms with E-state index in [1.165, 1.54) is 0 Å². The lowest BCUT2D eigenvalue weighted by Gasteiger charge is -2.11. The SMILES string of the molecule is C=C/C=C(\C=C/C)C1=NC(Nc2nnc(/C(C)=C\C)o2)C(=O)Nc2ccccc21. The normalized spacial score (nSPS) is 17.4. The topological polar surface area (TPSA) is 92.4 Å². The molecule has 3 rings (SSSR count). The number of carbonyl (C=O) groups excluding carboxylic acids is 1. The number of aliphatic imine (C=N–C) groups is 1. The lowest BCUT2D eigenvalue weighted by atomic mass is 10.00. The van der Waals surface area contributed by atoms with E-state index in [1.807, 2.05) is 69.3 Å². The van der Waals surface area contributed by atoms with Crippen molar-refractivity contribution in [1.82, 2.24) is 10.2 Å². The Balaban J connectivity index is 2.04. The molecule has 7 nitrogen and oxygen atoms in total. The molecule has 2 N–H and O–H groups in total. The number of carbonyl (C=O) groups is 1. The second-order valence-electron chi connectivity index (χ2n) is 6.30.